The molecule has 6 atom stereocenters. The second kappa shape index (κ2) is 4.18. The molecular weight excluding hydrogens is 224 g/mol. The predicted molar refractivity (Wildman–Crippen MR) is 75.2 cm³/mol. The molecule has 0 spiro atoms. The summed E-state index contributed by atoms with van der Waals surface area (Å²) in [4.78, 5) is 0. The van der Waals surface area contributed by atoms with Crippen LogP contribution in [-0.2, 0) is 0 Å². The molecule has 0 aliphatic heterocycles. The number of rotatable bonds is 4. The second-order valence-corrected chi connectivity index (χ2v) is 7.72. The maximum Gasteiger partial charge on any atom is -0.00979 e. The van der Waals surface area contributed by atoms with Gasteiger partial charge < -0.3 is 0 Å². The molecular formula is C16H26S. The van der Waals surface area contributed by atoms with E-state index in [0.717, 1.165) is 11.7 Å². The molecule has 96 valence electrons. The Balaban J connectivity index is 1.49. The van der Waals surface area contributed by atoms with E-state index in [1.807, 2.05) is 0 Å². The van der Waals surface area contributed by atoms with Crippen molar-refractivity contribution in [3.05, 3.63) is 0 Å². The van der Waals surface area contributed by atoms with Crippen molar-refractivity contribution in [3.8, 4) is 0 Å². The van der Waals surface area contributed by atoms with E-state index in [1.165, 1.54) is 48.3 Å². The van der Waals surface area contributed by atoms with Gasteiger partial charge in [0.1, 0.15) is 0 Å². The molecule has 0 heterocycles. The highest BCUT2D eigenvalue weighted by atomic mass is 32.1. The molecule has 4 rings (SSSR count). The Morgan fingerprint density at radius 2 is 1.47 bits per heavy atom. The molecule has 4 fully saturated rings. The molecule has 4 aliphatic carbocycles. The van der Waals surface area contributed by atoms with Gasteiger partial charge in [-0.15, -0.1) is 0 Å². The summed E-state index contributed by atoms with van der Waals surface area (Å²) in [5, 5.41) is 0. The van der Waals surface area contributed by atoms with E-state index < -0.39 is 0 Å². The molecule has 6 unspecified atom stereocenters. The third kappa shape index (κ3) is 1.50. The molecule has 0 radical (unpaired) electrons. The zero-order valence-electron chi connectivity index (χ0n) is 10.9. The minimum absolute atomic E-state index is 1.10. The maximum absolute atomic E-state index is 4.36. The standard InChI is InChI=1S/C16H26S/c17-8-2-1-3-12-13-6-7-14(12)16-11-5-4-10(9-11)15(13)16/h10-17H,1-9H2. The molecule has 0 aromatic carbocycles. The number of hydrogen-bond donors (Lipinski definition) is 1. The van der Waals surface area contributed by atoms with Crippen LogP contribution in [0.25, 0.3) is 0 Å². The summed E-state index contributed by atoms with van der Waals surface area (Å²) in [6.45, 7) is 0. The molecule has 0 aromatic heterocycles. The zero-order valence-corrected chi connectivity index (χ0v) is 11.7. The van der Waals surface area contributed by atoms with Crippen LogP contribution in [0.3, 0.4) is 0 Å². The molecule has 4 saturated carbocycles. The Morgan fingerprint density at radius 3 is 2.06 bits per heavy atom. The van der Waals surface area contributed by atoms with E-state index in [0.29, 0.717) is 0 Å². The number of thiol groups is 1. The molecule has 4 bridgehead atoms. The second-order valence-electron chi connectivity index (χ2n) is 7.28. The van der Waals surface area contributed by atoms with Gasteiger partial charge in [-0.05, 0) is 92.1 Å². The van der Waals surface area contributed by atoms with Crippen LogP contribution in [0, 0.1) is 41.4 Å². The zero-order chi connectivity index (χ0) is 11.4. The first-order valence-corrected chi connectivity index (χ1v) is 8.64. The number of hydrogen-bond acceptors (Lipinski definition) is 1. The fourth-order valence-corrected chi connectivity index (χ4v) is 6.88. The Labute approximate surface area is 111 Å². The van der Waals surface area contributed by atoms with E-state index in [1.54, 1.807) is 38.5 Å². The Bertz CT molecular complexity index is 276. The van der Waals surface area contributed by atoms with Gasteiger partial charge in [-0.25, -0.2) is 0 Å². The smallest absolute Gasteiger partial charge is 0.00979 e. The summed E-state index contributed by atoms with van der Waals surface area (Å²) < 4.78 is 0. The summed E-state index contributed by atoms with van der Waals surface area (Å²) in [5.74, 6) is 9.33. The highest BCUT2D eigenvalue weighted by molar-refractivity contribution is 7.80. The summed E-state index contributed by atoms with van der Waals surface area (Å²) in [7, 11) is 0. The van der Waals surface area contributed by atoms with Gasteiger partial charge >= 0.3 is 0 Å². The fourth-order valence-electron chi connectivity index (χ4n) is 6.66. The highest BCUT2D eigenvalue weighted by Gasteiger charge is 2.62. The first-order valence-electron chi connectivity index (χ1n) is 8.01. The van der Waals surface area contributed by atoms with Crippen LogP contribution in [0.1, 0.15) is 51.4 Å². The van der Waals surface area contributed by atoms with Crippen LogP contribution in [0.2, 0.25) is 0 Å². The molecule has 0 nitrogen and oxygen atoms in total. The van der Waals surface area contributed by atoms with E-state index in [4.69, 9.17) is 0 Å². The van der Waals surface area contributed by atoms with Crippen LogP contribution in [0.4, 0.5) is 0 Å². The van der Waals surface area contributed by atoms with Crippen molar-refractivity contribution in [2.75, 3.05) is 5.75 Å². The average molecular weight is 250 g/mol. The minimum atomic E-state index is 1.10. The van der Waals surface area contributed by atoms with Gasteiger partial charge in [-0.3, -0.25) is 0 Å². The van der Waals surface area contributed by atoms with Crippen molar-refractivity contribution < 1.29 is 0 Å². The van der Waals surface area contributed by atoms with Gasteiger partial charge in [-0.1, -0.05) is 6.42 Å². The largest absolute Gasteiger partial charge is 0.179 e. The SMILES string of the molecule is SCCCCC1C2CCC1C1C3CCC(C3)C21. The van der Waals surface area contributed by atoms with Crippen LogP contribution >= 0.6 is 12.6 Å². The van der Waals surface area contributed by atoms with Crippen molar-refractivity contribution in [1.29, 1.82) is 0 Å². The van der Waals surface area contributed by atoms with E-state index in [9.17, 15) is 0 Å². The normalized spacial score (nSPS) is 54.5. The van der Waals surface area contributed by atoms with Crippen molar-refractivity contribution in [3.63, 3.8) is 0 Å². The monoisotopic (exact) mass is 250 g/mol. The lowest BCUT2D eigenvalue weighted by atomic mass is 9.71. The molecule has 0 saturated heterocycles. The van der Waals surface area contributed by atoms with Gasteiger partial charge in [0, 0.05) is 0 Å². The van der Waals surface area contributed by atoms with Gasteiger partial charge in [0.15, 0.2) is 0 Å². The third-order valence-electron chi connectivity index (χ3n) is 6.91. The Morgan fingerprint density at radius 1 is 0.824 bits per heavy atom. The van der Waals surface area contributed by atoms with Crippen LogP contribution in [0.5, 0.6) is 0 Å². The summed E-state index contributed by atoms with van der Waals surface area (Å²) >= 11 is 4.36. The first kappa shape index (κ1) is 11.2. The molecule has 4 aliphatic rings. The van der Waals surface area contributed by atoms with Crippen LogP contribution < -0.4 is 0 Å². The van der Waals surface area contributed by atoms with Crippen molar-refractivity contribution in [1.82, 2.24) is 0 Å². The minimum Gasteiger partial charge on any atom is -0.179 e. The Hall–Kier alpha value is 0.350. The average Bonchev–Trinajstić information content (AvgIpc) is 3.06. The van der Waals surface area contributed by atoms with Crippen LogP contribution in [0.15, 0.2) is 0 Å². The highest BCUT2D eigenvalue weighted by Crippen LogP contribution is 2.70. The molecule has 1 heteroatoms. The quantitative estimate of drug-likeness (QED) is 0.426. The third-order valence-corrected chi connectivity index (χ3v) is 7.23. The molecule has 17 heavy (non-hydrogen) atoms. The number of unbranched alkanes of at least 4 members (excludes halogenated alkanes) is 1. The van der Waals surface area contributed by atoms with Crippen molar-refractivity contribution in [2.24, 2.45) is 41.4 Å². The molecule has 0 amide bonds. The summed E-state index contributed by atoms with van der Waals surface area (Å²) in [6, 6.07) is 0. The lowest BCUT2D eigenvalue weighted by molar-refractivity contribution is 0.146. The van der Waals surface area contributed by atoms with Gasteiger partial charge in [0.05, 0.1) is 0 Å². The van der Waals surface area contributed by atoms with Crippen molar-refractivity contribution >= 4 is 12.6 Å². The molecule has 0 N–H and O–H groups in total. The Kier molecular flexibility index (Phi) is 2.76. The van der Waals surface area contributed by atoms with E-state index >= 15 is 0 Å². The first-order chi connectivity index (χ1) is 8.40. The predicted octanol–water partition coefficient (Wildman–Crippen LogP) is 4.40. The fraction of sp³-hybridized carbons (Fsp3) is 1.00. The maximum atomic E-state index is 4.36. The van der Waals surface area contributed by atoms with Gasteiger partial charge in [-0.2, -0.15) is 12.6 Å². The van der Waals surface area contributed by atoms with Gasteiger partial charge in [0.2, 0.25) is 0 Å². The van der Waals surface area contributed by atoms with Crippen LogP contribution in [-0.4, -0.2) is 5.75 Å². The van der Waals surface area contributed by atoms with E-state index in [2.05, 4.69) is 12.6 Å². The lowest BCUT2D eigenvalue weighted by Crippen LogP contribution is -2.27. The summed E-state index contributed by atoms with van der Waals surface area (Å²) in [6.07, 6.45) is 12.4. The number of fused-ring (bicyclic) bond motifs is 9. The van der Waals surface area contributed by atoms with Gasteiger partial charge in [0.25, 0.3) is 0 Å². The van der Waals surface area contributed by atoms with E-state index in [-0.39, 0.29) is 0 Å². The summed E-state index contributed by atoms with van der Waals surface area (Å²) in [5.41, 5.74) is 0. The molecule has 0 aromatic rings. The topological polar surface area (TPSA) is 0 Å². The van der Waals surface area contributed by atoms with Crippen molar-refractivity contribution in [2.45, 2.75) is 51.4 Å². The lowest BCUT2D eigenvalue weighted by Gasteiger charge is -2.34.